The Balaban J connectivity index is 2.06. The molecule has 0 unspecified atom stereocenters. The summed E-state index contributed by atoms with van der Waals surface area (Å²) in [6.07, 6.45) is 6.38. The molecule has 19 heavy (non-hydrogen) atoms. The number of aromatic carboxylic acids is 1. The predicted molar refractivity (Wildman–Crippen MR) is 75.0 cm³/mol. The van der Waals surface area contributed by atoms with E-state index >= 15 is 0 Å². The zero-order chi connectivity index (χ0) is 13.7. The van der Waals surface area contributed by atoms with Crippen LogP contribution in [0.5, 0.6) is 5.75 Å². The minimum Gasteiger partial charge on any atom is -0.497 e. The molecule has 0 spiro atoms. The second-order valence-corrected chi connectivity index (χ2v) is 5.10. The summed E-state index contributed by atoms with van der Waals surface area (Å²) in [6.45, 7) is 0.841. The number of carboxylic acids is 1. The van der Waals surface area contributed by atoms with Crippen molar-refractivity contribution in [2.45, 2.75) is 32.1 Å². The summed E-state index contributed by atoms with van der Waals surface area (Å²) >= 11 is 0. The van der Waals surface area contributed by atoms with E-state index in [0.717, 1.165) is 6.54 Å². The number of methoxy groups -OCH3 is 1. The van der Waals surface area contributed by atoms with Gasteiger partial charge in [0.2, 0.25) is 0 Å². The molecule has 0 bridgehead atoms. The maximum absolute atomic E-state index is 11.2. The lowest BCUT2D eigenvalue weighted by Crippen LogP contribution is -2.18. The number of hydrogen-bond donors (Lipinski definition) is 2. The highest BCUT2D eigenvalue weighted by Crippen LogP contribution is 2.26. The molecule has 4 heteroatoms. The van der Waals surface area contributed by atoms with Crippen LogP contribution < -0.4 is 10.1 Å². The van der Waals surface area contributed by atoms with Gasteiger partial charge in [0.05, 0.1) is 18.4 Å². The maximum Gasteiger partial charge on any atom is 0.337 e. The minimum atomic E-state index is -0.909. The molecule has 1 aliphatic rings. The molecule has 1 aromatic rings. The standard InChI is InChI=1S/C15H21NO3/c1-19-12-7-8-13(15(17)18)14(9-12)16-10-11-5-3-2-4-6-11/h7-9,11,16H,2-6,10H2,1H3,(H,17,18). The lowest BCUT2D eigenvalue weighted by atomic mass is 9.89. The van der Waals surface area contributed by atoms with Crippen LogP contribution in [-0.2, 0) is 0 Å². The van der Waals surface area contributed by atoms with E-state index < -0.39 is 5.97 Å². The molecule has 0 atom stereocenters. The summed E-state index contributed by atoms with van der Waals surface area (Å²) < 4.78 is 5.15. The molecule has 1 fully saturated rings. The normalized spacial score (nSPS) is 16.1. The summed E-state index contributed by atoms with van der Waals surface area (Å²) in [6, 6.07) is 5.02. The highest BCUT2D eigenvalue weighted by Gasteiger charge is 2.15. The number of anilines is 1. The minimum absolute atomic E-state index is 0.302. The van der Waals surface area contributed by atoms with E-state index in [0.29, 0.717) is 22.9 Å². The molecule has 0 saturated heterocycles. The highest BCUT2D eigenvalue weighted by molar-refractivity contribution is 5.94. The summed E-state index contributed by atoms with van der Waals surface area (Å²) in [4.78, 5) is 11.2. The van der Waals surface area contributed by atoms with Crippen LogP contribution in [0, 0.1) is 5.92 Å². The molecule has 0 aromatic heterocycles. The quantitative estimate of drug-likeness (QED) is 0.855. The second kappa shape index (κ2) is 6.45. The van der Waals surface area contributed by atoms with Gasteiger partial charge < -0.3 is 15.2 Å². The first-order valence-corrected chi connectivity index (χ1v) is 6.86. The number of nitrogens with one attached hydrogen (secondary N) is 1. The third-order valence-corrected chi connectivity index (χ3v) is 3.76. The number of hydrogen-bond acceptors (Lipinski definition) is 3. The third-order valence-electron chi connectivity index (χ3n) is 3.76. The monoisotopic (exact) mass is 263 g/mol. The van der Waals surface area contributed by atoms with Crippen molar-refractivity contribution >= 4 is 11.7 Å². The van der Waals surface area contributed by atoms with Gasteiger partial charge in [0, 0.05) is 12.6 Å². The molecule has 104 valence electrons. The van der Waals surface area contributed by atoms with Crippen LogP contribution in [0.4, 0.5) is 5.69 Å². The highest BCUT2D eigenvalue weighted by atomic mass is 16.5. The van der Waals surface area contributed by atoms with Gasteiger partial charge in [-0.05, 0) is 30.9 Å². The Labute approximate surface area is 113 Å². The van der Waals surface area contributed by atoms with Crippen LogP contribution in [0.3, 0.4) is 0 Å². The Bertz CT molecular complexity index is 439. The number of carboxylic acid groups (broad SMARTS) is 1. The van der Waals surface area contributed by atoms with Crippen molar-refractivity contribution in [2.75, 3.05) is 19.0 Å². The Hall–Kier alpha value is -1.71. The van der Waals surface area contributed by atoms with E-state index in [1.54, 1.807) is 25.3 Å². The fourth-order valence-corrected chi connectivity index (χ4v) is 2.63. The van der Waals surface area contributed by atoms with E-state index in [4.69, 9.17) is 4.74 Å². The molecule has 0 heterocycles. The first-order chi connectivity index (χ1) is 9.20. The SMILES string of the molecule is COc1ccc(C(=O)O)c(NCC2CCCCC2)c1. The van der Waals surface area contributed by atoms with Crippen LogP contribution in [0.1, 0.15) is 42.5 Å². The first kappa shape index (κ1) is 13.7. The lowest BCUT2D eigenvalue weighted by molar-refractivity contribution is 0.0698. The Morgan fingerprint density at radius 3 is 2.74 bits per heavy atom. The zero-order valence-corrected chi connectivity index (χ0v) is 11.3. The second-order valence-electron chi connectivity index (χ2n) is 5.10. The van der Waals surface area contributed by atoms with Gasteiger partial charge in [0.15, 0.2) is 0 Å². The average molecular weight is 263 g/mol. The third kappa shape index (κ3) is 3.63. The molecular formula is C15H21NO3. The largest absolute Gasteiger partial charge is 0.497 e. The van der Waals surface area contributed by atoms with Crippen molar-refractivity contribution < 1.29 is 14.6 Å². The van der Waals surface area contributed by atoms with Gasteiger partial charge in [0.1, 0.15) is 5.75 Å². The van der Waals surface area contributed by atoms with Gasteiger partial charge in [0.25, 0.3) is 0 Å². The fraction of sp³-hybridized carbons (Fsp3) is 0.533. The van der Waals surface area contributed by atoms with Crippen molar-refractivity contribution in [3.63, 3.8) is 0 Å². The van der Waals surface area contributed by atoms with E-state index in [9.17, 15) is 9.90 Å². The number of ether oxygens (including phenoxy) is 1. The molecule has 0 amide bonds. The van der Waals surface area contributed by atoms with E-state index in [-0.39, 0.29) is 0 Å². The molecule has 1 aromatic carbocycles. The van der Waals surface area contributed by atoms with Gasteiger partial charge in [-0.1, -0.05) is 19.3 Å². The number of carbonyl (C=O) groups is 1. The van der Waals surface area contributed by atoms with Crippen molar-refractivity contribution in [1.82, 2.24) is 0 Å². The smallest absolute Gasteiger partial charge is 0.337 e. The van der Waals surface area contributed by atoms with Crippen molar-refractivity contribution in [3.05, 3.63) is 23.8 Å². The van der Waals surface area contributed by atoms with E-state index in [2.05, 4.69) is 5.32 Å². The summed E-state index contributed by atoms with van der Waals surface area (Å²) in [5, 5.41) is 12.5. The van der Waals surface area contributed by atoms with Crippen LogP contribution in [0.2, 0.25) is 0 Å². The van der Waals surface area contributed by atoms with E-state index in [1.165, 1.54) is 32.1 Å². The first-order valence-electron chi connectivity index (χ1n) is 6.86. The molecule has 2 N–H and O–H groups in total. The predicted octanol–water partition coefficient (Wildman–Crippen LogP) is 3.39. The zero-order valence-electron chi connectivity index (χ0n) is 11.3. The average Bonchev–Trinajstić information content (AvgIpc) is 2.45. The molecule has 1 aliphatic carbocycles. The van der Waals surface area contributed by atoms with Gasteiger partial charge in [-0.15, -0.1) is 0 Å². The molecule has 0 radical (unpaired) electrons. The summed E-state index contributed by atoms with van der Waals surface area (Å²) in [7, 11) is 1.58. The summed E-state index contributed by atoms with van der Waals surface area (Å²) in [5.74, 6) is 0.423. The molecule has 4 nitrogen and oxygen atoms in total. The lowest BCUT2D eigenvalue weighted by Gasteiger charge is -2.22. The molecule has 0 aliphatic heterocycles. The maximum atomic E-state index is 11.2. The topological polar surface area (TPSA) is 58.6 Å². The fourth-order valence-electron chi connectivity index (χ4n) is 2.63. The molecule has 1 saturated carbocycles. The van der Waals surface area contributed by atoms with Crippen molar-refractivity contribution in [2.24, 2.45) is 5.92 Å². The van der Waals surface area contributed by atoms with E-state index in [1.807, 2.05) is 0 Å². The van der Waals surface area contributed by atoms with Gasteiger partial charge in [-0.2, -0.15) is 0 Å². The summed E-state index contributed by atoms with van der Waals surface area (Å²) in [5.41, 5.74) is 0.953. The Morgan fingerprint density at radius 1 is 1.37 bits per heavy atom. The van der Waals surface area contributed by atoms with Crippen molar-refractivity contribution in [1.29, 1.82) is 0 Å². The van der Waals surface area contributed by atoms with Crippen LogP contribution in [0.15, 0.2) is 18.2 Å². The molecule has 2 rings (SSSR count). The van der Waals surface area contributed by atoms with Crippen LogP contribution in [0.25, 0.3) is 0 Å². The molecular weight excluding hydrogens is 242 g/mol. The van der Waals surface area contributed by atoms with Crippen LogP contribution >= 0.6 is 0 Å². The number of rotatable bonds is 5. The van der Waals surface area contributed by atoms with Crippen molar-refractivity contribution in [3.8, 4) is 5.75 Å². The van der Waals surface area contributed by atoms with Gasteiger partial charge in [-0.25, -0.2) is 4.79 Å². The Morgan fingerprint density at radius 2 is 2.11 bits per heavy atom. The van der Waals surface area contributed by atoms with Crippen LogP contribution in [-0.4, -0.2) is 24.7 Å². The number of benzene rings is 1. The van der Waals surface area contributed by atoms with Gasteiger partial charge >= 0.3 is 5.97 Å². The van der Waals surface area contributed by atoms with Gasteiger partial charge in [-0.3, -0.25) is 0 Å². The Kier molecular flexibility index (Phi) is 4.66.